The van der Waals surface area contributed by atoms with E-state index in [1.54, 1.807) is 0 Å². The number of halogens is 4. The third kappa shape index (κ3) is 2.70. The molecule has 0 aliphatic rings. The zero-order valence-corrected chi connectivity index (χ0v) is 10.5. The van der Waals surface area contributed by atoms with E-state index >= 15 is 0 Å². The van der Waals surface area contributed by atoms with Gasteiger partial charge in [-0.1, -0.05) is 11.6 Å². The molecule has 104 valence electrons. The smallest absolute Gasteiger partial charge is 0.257 e. The van der Waals surface area contributed by atoms with Gasteiger partial charge in [0.15, 0.2) is 17.5 Å². The first kappa shape index (κ1) is 14.2. The van der Waals surface area contributed by atoms with E-state index in [0.717, 1.165) is 12.1 Å². The average molecular weight is 302 g/mol. The summed E-state index contributed by atoms with van der Waals surface area (Å²) in [6.07, 6.45) is 0. The highest BCUT2D eigenvalue weighted by Gasteiger charge is 2.17. The number of phenolic OH excluding ortho intramolecular Hbond substituents is 1. The van der Waals surface area contributed by atoms with Gasteiger partial charge in [0.25, 0.3) is 5.91 Å². The van der Waals surface area contributed by atoms with Crippen molar-refractivity contribution in [3.8, 4) is 5.75 Å². The van der Waals surface area contributed by atoms with Crippen LogP contribution in [0.3, 0.4) is 0 Å². The summed E-state index contributed by atoms with van der Waals surface area (Å²) >= 11 is 5.75. The lowest BCUT2D eigenvalue weighted by atomic mass is 10.2. The minimum atomic E-state index is -1.69. The van der Waals surface area contributed by atoms with Crippen LogP contribution in [0.4, 0.5) is 18.9 Å². The Balaban J connectivity index is 2.33. The van der Waals surface area contributed by atoms with Crippen molar-refractivity contribution in [2.75, 3.05) is 5.32 Å². The third-order valence-electron chi connectivity index (χ3n) is 2.48. The van der Waals surface area contributed by atoms with Crippen LogP contribution in [0.25, 0.3) is 0 Å². The SMILES string of the molecule is O=C(Nc1ccc(F)c(F)c1F)c1cc(O)ccc1Cl. The van der Waals surface area contributed by atoms with E-state index in [-0.39, 0.29) is 16.3 Å². The number of carbonyl (C=O) groups excluding carboxylic acids is 1. The molecule has 2 rings (SSSR count). The molecule has 0 aliphatic carbocycles. The molecule has 0 spiro atoms. The molecule has 0 saturated heterocycles. The molecule has 0 bridgehead atoms. The molecule has 1 amide bonds. The Morgan fingerprint density at radius 3 is 2.50 bits per heavy atom. The van der Waals surface area contributed by atoms with Gasteiger partial charge in [-0.25, -0.2) is 13.2 Å². The molecule has 20 heavy (non-hydrogen) atoms. The maximum atomic E-state index is 13.4. The molecule has 2 aromatic carbocycles. The Morgan fingerprint density at radius 1 is 1.10 bits per heavy atom. The minimum absolute atomic E-state index is 0.0169. The number of hydrogen-bond donors (Lipinski definition) is 2. The molecular formula is C13H7ClF3NO2. The molecule has 0 aromatic heterocycles. The van der Waals surface area contributed by atoms with Crippen LogP contribution in [-0.4, -0.2) is 11.0 Å². The van der Waals surface area contributed by atoms with Crippen molar-refractivity contribution in [1.82, 2.24) is 0 Å². The monoisotopic (exact) mass is 301 g/mol. The fourth-order valence-corrected chi connectivity index (χ4v) is 1.70. The second-order valence-corrected chi connectivity index (χ2v) is 4.25. The molecular weight excluding hydrogens is 295 g/mol. The molecule has 2 aromatic rings. The van der Waals surface area contributed by atoms with Crippen LogP contribution in [0.2, 0.25) is 5.02 Å². The van der Waals surface area contributed by atoms with Gasteiger partial charge in [0.05, 0.1) is 16.3 Å². The van der Waals surface area contributed by atoms with E-state index in [1.165, 1.54) is 12.1 Å². The van der Waals surface area contributed by atoms with Gasteiger partial charge >= 0.3 is 0 Å². The number of rotatable bonds is 2. The van der Waals surface area contributed by atoms with Crippen molar-refractivity contribution in [2.24, 2.45) is 0 Å². The van der Waals surface area contributed by atoms with Crippen molar-refractivity contribution >= 4 is 23.2 Å². The van der Waals surface area contributed by atoms with Gasteiger partial charge < -0.3 is 10.4 Å². The number of benzene rings is 2. The summed E-state index contributed by atoms with van der Waals surface area (Å²) < 4.78 is 39.2. The van der Waals surface area contributed by atoms with E-state index in [4.69, 9.17) is 11.6 Å². The van der Waals surface area contributed by atoms with Crippen molar-refractivity contribution in [2.45, 2.75) is 0 Å². The minimum Gasteiger partial charge on any atom is -0.508 e. The molecule has 0 radical (unpaired) electrons. The van der Waals surface area contributed by atoms with Crippen molar-refractivity contribution in [1.29, 1.82) is 0 Å². The molecule has 0 heterocycles. The van der Waals surface area contributed by atoms with Crippen molar-refractivity contribution in [3.63, 3.8) is 0 Å². The number of phenols is 1. The first-order chi connectivity index (χ1) is 9.40. The van der Waals surface area contributed by atoms with Gasteiger partial charge in [0, 0.05) is 0 Å². The normalized spacial score (nSPS) is 10.4. The van der Waals surface area contributed by atoms with Gasteiger partial charge in [-0.3, -0.25) is 4.79 Å². The summed E-state index contributed by atoms with van der Waals surface area (Å²) in [6, 6.07) is 5.15. The lowest BCUT2D eigenvalue weighted by Gasteiger charge is -2.08. The van der Waals surface area contributed by atoms with Gasteiger partial charge in [0.2, 0.25) is 0 Å². The number of carbonyl (C=O) groups is 1. The number of amides is 1. The quantitative estimate of drug-likeness (QED) is 0.831. The molecule has 7 heteroatoms. The predicted molar refractivity (Wildman–Crippen MR) is 67.4 cm³/mol. The second kappa shape index (κ2) is 5.42. The largest absolute Gasteiger partial charge is 0.508 e. The molecule has 0 fully saturated rings. The van der Waals surface area contributed by atoms with Crippen molar-refractivity contribution in [3.05, 3.63) is 58.4 Å². The average Bonchev–Trinajstić information content (AvgIpc) is 2.42. The van der Waals surface area contributed by atoms with Crippen LogP contribution in [0.15, 0.2) is 30.3 Å². The molecule has 2 N–H and O–H groups in total. The topological polar surface area (TPSA) is 49.3 Å². The van der Waals surface area contributed by atoms with Gasteiger partial charge in [0.1, 0.15) is 5.75 Å². The maximum absolute atomic E-state index is 13.4. The Bertz CT molecular complexity index is 692. The number of hydrogen-bond acceptors (Lipinski definition) is 2. The first-order valence-corrected chi connectivity index (χ1v) is 5.71. The van der Waals surface area contributed by atoms with E-state index < -0.39 is 29.0 Å². The lowest BCUT2D eigenvalue weighted by molar-refractivity contribution is 0.102. The maximum Gasteiger partial charge on any atom is 0.257 e. The Hall–Kier alpha value is -2.21. The van der Waals surface area contributed by atoms with E-state index in [0.29, 0.717) is 6.07 Å². The van der Waals surface area contributed by atoms with Gasteiger partial charge in [-0.15, -0.1) is 0 Å². The standard InChI is InChI=1S/C13H7ClF3NO2/c14-8-2-1-6(19)5-7(8)13(20)18-10-4-3-9(15)11(16)12(10)17/h1-5,19H,(H,18,20). The molecule has 0 saturated carbocycles. The van der Waals surface area contributed by atoms with Gasteiger partial charge in [-0.05, 0) is 30.3 Å². The van der Waals surface area contributed by atoms with Crippen LogP contribution >= 0.6 is 11.6 Å². The summed E-state index contributed by atoms with van der Waals surface area (Å²) in [4.78, 5) is 11.8. The summed E-state index contributed by atoms with van der Waals surface area (Å²) in [6.45, 7) is 0. The van der Waals surface area contributed by atoms with Crippen LogP contribution in [0, 0.1) is 17.5 Å². The summed E-state index contributed by atoms with van der Waals surface area (Å²) in [7, 11) is 0. The fraction of sp³-hybridized carbons (Fsp3) is 0. The number of nitrogens with one attached hydrogen (secondary N) is 1. The summed E-state index contributed by atoms with van der Waals surface area (Å²) in [5.41, 5.74) is -0.663. The zero-order chi connectivity index (χ0) is 14.9. The van der Waals surface area contributed by atoms with Crippen LogP contribution in [0.5, 0.6) is 5.75 Å². The highest BCUT2D eigenvalue weighted by molar-refractivity contribution is 6.34. The molecule has 0 aliphatic heterocycles. The van der Waals surface area contributed by atoms with E-state index in [1.807, 2.05) is 5.32 Å². The number of aromatic hydroxyl groups is 1. The van der Waals surface area contributed by atoms with Crippen LogP contribution in [0.1, 0.15) is 10.4 Å². The second-order valence-electron chi connectivity index (χ2n) is 3.84. The Labute approximate surface area is 116 Å². The first-order valence-electron chi connectivity index (χ1n) is 5.33. The van der Waals surface area contributed by atoms with E-state index in [9.17, 15) is 23.1 Å². The highest BCUT2D eigenvalue weighted by atomic mass is 35.5. The van der Waals surface area contributed by atoms with E-state index in [2.05, 4.69) is 0 Å². The Kier molecular flexibility index (Phi) is 3.85. The molecule has 0 atom stereocenters. The number of anilines is 1. The molecule has 3 nitrogen and oxygen atoms in total. The summed E-state index contributed by atoms with van der Waals surface area (Å²) in [5.74, 6) is -5.66. The highest BCUT2D eigenvalue weighted by Crippen LogP contribution is 2.24. The third-order valence-corrected chi connectivity index (χ3v) is 2.81. The van der Waals surface area contributed by atoms with Crippen molar-refractivity contribution < 1.29 is 23.1 Å². The molecule has 0 unspecified atom stereocenters. The van der Waals surface area contributed by atoms with Crippen LogP contribution < -0.4 is 5.32 Å². The van der Waals surface area contributed by atoms with Gasteiger partial charge in [-0.2, -0.15) is 0 Å². The fourth-order valence-electron chi connectivity index (χ4n) is 1.50. The van der Waals surface area contributed by atoms with Crippen LogP contribution in [-0.2, 0) is 0 Å². The summed E-state index contributed by atoms with van der Waals surface area (Å²) in [5, 5.41) is 11.3. The lowest BCUT2D eigenvalue weighted by Crippen LogP contribution is -2.14. The predicted octanol–water partition coefficient (Wildman–Crippen LogP) is 3.72. The Morgan fingerprint density at radius 2 is 1.80 bits per heavy atom. The zero-order valence-electron chi connectivity index (χ0n) is 9.75.